The van der Waals surface area contributed by atoms with Crippen molar-refractivity contribution in [3.05, 3.63) is 0 Å². The molecule has 2 fully saturated rings. The van der Waals surface area contributed by atoms with Gasteiger partial charge in [-0.25, -0.2) is 0 Å². The predicted molar refractivity (Wildman–Crippen MR) is 120 cm³/mol. The van der Waals surface area contributed by atoms with E-state index in [0.29, 0.717) is 25.6 Å². The molecule has 9 nitrogen and oxygen atoms in total. The molecule has 2 aliphatic rings. The monoisotopic (exact) mass is 426 g/mol. The number of amides is 1. The van der Waals surface area contributed by atoms with Crippen LogP contribution in [0.5, 0.6) is 0 Å². The van der Waals surface area contributed by atoms with Crippen LogP contribution in [0, 0.1) is 5.92 Å². The van der Waals surface area contributed by atoms with E-state index in [1.54, 1.807) is 14.2 Å². The van der Waals surface area contributed by atoms with Crippen LogP contribution in [0.15, 0.2) is 4.99 Å². The first-order chi connectivity index (χ1) is 14.7. The lowest BCUT2D eigenvalue weighted by Crippen LogP contribution is -2.54. The first kappa shape index (κ1) is 24.8. The van der Waals surface area contributed by atoms with Gasteiger partial charge in [0.05, 0.1) is 19.8 Å². The predicted octanol–water partition coefficient (Wildman–Crippen LogP) is -0.309. The van der Waals surface area contributed by atoms with Crippen LogP contribution < -0.4 is 10.6 Å². The van der Waals surface area contributed by atoms with E-state index in [9.17, 15) is 4.79 Å². The largest absolute Gasteiger partial charge is 0.383 e. The molecule has 2 aliphatic heterocycles. The molecule has 0 spiro atoms. The highest BCUT2D eigenvalue weighted by atomic mass is 16.5. The van der Waals surface area contributed by atoms with Crippen molar-refractivity contribution < 1.29 is 14.3 Å². The lowest BCUT2D eigenvalue weighted by atomic mass is 9.97. The molecule has 2 N–H and O–H groups in total. The van der Waals surface area contributed by atoms with Crippen molar-refractivity contribution in [2.45, 2.75) is 19.8 Å². The van der Waals surface area contributed by atoms with Crippen LogP contribution in [-0.4, -0.2) is 126 Å². The average molecular weight is 427 g/mol. The van der Waals surface area contributed by atoms with E-state index in [0.717, 1.165) is 71.5 Å². The molecule has 2 saturated heterocycles. The van der Waals surface area contributed by atoms with Gasteiger partial charge in [-0.15, -0.1) is 0 Å². The second-order valence-electron chi connectivity index (χ2n) is 8.08. The Kier molecular flexibility index (Phi) is 12.1. The number of piperazine rings is 1. The number of piperidine rings is 1. The van der Waals surface area contributed by atoms with Gasteiger partial charge in [0.25, 0.3) is 0 Å². The number of rotatable bonds is 11. The van der Waals surface area contributed by atoms with Crippen LogP contribution in [0.1, 0.15) is 19.8 Å². The van der Waals surface area contributed by atoms with Gasteiger partial charge in [0, 0.05) is 66.6 Å². The van der Waals surface area contributed by atoms with E-state index in [4.69, 9.17) is 14.5 Å². The molecule has 0 bridgehead atoms. The summed E-state index contributed by atoms with van der Waals surface area (Å²) < 4.78 is 10.2. The summed E-state index contributed by atoms with van der Waals surface area (Å²) in [7, 11) is 3.40. The minimum Gasteiger partial charge on any atom is -0.383 e. The molecule has 0 atom stereocenters. The second kappa shape index (κ2) is 14.6. The summed E-state index contributed by atoms with van der Waals surface area (Å²) in [4.78, 5) is 24.0. The van der Waals surface area contributed by atoms with Crippen molar-refractivity contribution in [3.8, 4) is 0 Å². The fourth-order valence-corrected chi connectivity index (χ4v) is 3.92. The summed E-state index contributed by atoms with van der Waals surface area (Å²) in [6.07, 6.45) is 2.41. The smallest absolute Gasteiger partial charge is 0.234 e. The Balaban J connectivity index is 1.72. The van der Waals surface area contributed by atoms with Crippen LogP contribution in [0.2, 0.25) is 0 Å². The summed E-state index contributed by atoms with van der Waals surface area (Å²) in [5.74, 6) is 1.75. The maximum absolute atomic E-state index is 12.0. The van der Waals surface area contributed by atoms with Crippen molar-refractivity contribution in [1.29, 1.82) is 0 Å². The Morgan fingerprint density at radius 1 is 0.967 bits per heavy atom. The highest BCUT2D eigenvalue weighted by Crippen LogP contribution is 2.17. The third kappa shape index (κ3) is 9.16. The summed E-state index contributed by atoms with van der Waals surface area (Å²) in [6.45, 7) is 13.1. The van der Waals surface area contributed by atoms with Gasteiger partial charge in [-0.2, -0.15) is 0 Å². The number of ether oxygens (including phenoxy) is 2. The van der Waals surface area contributed by atoms with Gasteiger partial charge in [0.1, 0.15) is 0 Å². The Bertz CT molecular complexity index is 503. The molecule has 174 valence electrons. The van der Waals surface area contributed by atoms with Gasteiger partial charge in [-0.3, -0.25) is 14.7 Å². The quantitative estimate of drug-likeness (QED) is 0.266. The topological polar surface area (TPSA) is 81.7 Å². The van der Waals surface area contributed by atoms with Crippen LogP contribution in [-0.2, 0) is 14.3 Å². The second-order valence-corrected chi connectivity index (χ2v) is 8.08. The van der Waals surface area contributed by atoms with E-state index in [1.165, 1.54) is 12.8 Å². The minimum absolute atomic E-state index is 0.0675. The SMILES string of the molecule is CCNC(=NCC1CCN(CCOC)CC1)N1CCN(CC(=O)NCCOC)CC1. The number of nitrogens with zero attached hydrogens (tertiary/aromatic N) is 4. The zero-order valence-electron chi connectivity index (χ0n) is 19.2. The normalized spacial score (nSPS) is 19.8. The Hall–Kier alpha value is -1.42. The van der Waals surface area contributed by atoms with E-state index < -0.39 is 0 Å². The number of guanidine groups is 1. The molecule has 0 aromatic rings. The molecule has 30 heavy (non-hydrogen) atoms. The van der Waals surface area contributed by atoms with E-state index >= 15 is 0 Å². The van der Waals surface area contributed by atoms with Crippen LogP contribution >= 0.6 is 0 Å². The highest BCUT2D eigenvalue weighted by Gasteiger charge is 2.22. The molecule has 2 heterocycles. The molecule has 2 rings (SSSR count). The van der Waals surface area contributed by atoms with Crippen LogP contribution in [0.4, 0.5) is 0 Å². The summed E-state index contributed by atoms with van der Waals surface area (Å²) >= 11 is 0. The zero-order chi connectivity index (χ0) is 21.6. The van der Waals surface area contributed by atoms with Gasteiger partial charge in [-0.05, 0) is 38.8 Å². The highest BCUT2D eigenvalue weighted by molar-refractivity contribution is 5.80. The number of nitrogens with one attached hydrogen (secondary N) is 2. The van der Waals surface area contributed by atoms with Gasteiger partial charge in [0.2, 0.25) is 5.91 Å². The number of methoxy groups -OCH3 is 2. The molecule has 0 aromatic carbocycles. The molecule has 9 heteroatoms. The maximum atomic E-state index is 12.0. The van der Waals surface area contributed by atoms with Crippen molar-refractivity contribution >= 4 is 11.9 Å². The van der Waals surface area contributed by atoms with E-state index in [1.807, 2.05) is 0 Å². The standard InChI is InChI=1S/C21H42N6O3/c1-4-22-21(24-17-19-5-8-25(9-6-19)14-16-30-3)27-12-10-26(11-13-27)18-20(28)23-7-15-29-2/h19H,4-18H2,1-3H3,(H,22,24)(H,23,28). The van der Waals surface area contributed by atoms with Gasteiger partial charge in [0.15, 0.2) is 5.96 Å². The average Bonchev–Trinajstić information content (AvgIpc) is 2.77. The van der Waals surface area contributed by atoms with Crippen molar-refractivity contribution in [2.24, 2.45) is 10.9 Å². The third-order valence-corrected chi connectivity index (χ3v) is 5.82. The van der Waals surface area contributed by atoms with Gasteiger partial charge < -0.3 is 29.9 Å². The number of aliphatic imine (C=N–C) groups is 1. The first-order valence-electron chi connectivity index (χ1n) is 11.4. The number of carbonyl (C=O) groups is 1. The van der Waals surface area contributed by atoms with Crippen molar-refractivity contribution in [3.63, 3.8) is 0 Å². The van der Waals surface area contributed by atoms with Gasteiger partial charge in [-0.1, -0.05) is 0 Å². The molecule has 0 aromatic heterocycles. The van der Waals surface area contributed by atoms with E-state index in [2.05, 4.69) is 32.3 Å². The molecule has 0 aliphatic carbocycles. The van der Waals surface area contributed by atoms with Crippen LogP contribution in [0.3, 0.4) is 0 Å². The number of carbonyl (C=O) groups excluding carboxylic acids is 1. The molecule has 1 amide bonds. The molecular formula is C21H42N6O3. The number of hydrogen-bond donors (Lipinski definition) is 2. The summed E-state index contributed by atoms with van der Waals surface area (Å²) in [5.41, 5.74) is 0. The number of hydrogen-bond acceptors (Lipinski definition) is 6. The Morgan fingerprint density at radius 2 is 1.67 bits per heavy atom. The zero-order valence-corrected chi connectivity index (χ0v) is 19.2. The fourth-order valence-electron chi connectivity index (χ4n) is 3.92. The summed E-state index contributed by atoms with van der Waals surface area (Å²) in [6, 6.07) is 0. The Labute approximate surface area is 182 Å². The van der Waals surface area contributed by atoms with E-state index in [-0.39, 0.29) is 5.91 Å². The lowest BCUT2D eigenvalue weighted by molar-refractivity contribution is -0.122. The third-order valence-electron chi connectivity index (χ3n) is 5.82. The Morgan fingerprint density at radius 3 is 2.30 bits per heavy atom. The van der Waals surface area contributed by atoms with Gasteiger partial charge >= 0.3 is 0 Å². The first-order valence-corrected chi connectivity index (χ1v) is 11.4. The number of likely N-dealkylation sites (tertiary alicyclic amines) is 1. The lowest BCUT2D eigenvalue weighted by Gasteiger charge is -2.36. The molecule has 0 unspecified atom stereocenters. The summed E-state index contributed by atoms with van der Waals surface area (Å²) in [5, 5.41) is 6.35. The van der Waals surface area contributed by atoms with Crippen LogP contribution in [0.25, 0.3) is 0 Å². The van der Waals surface area contributed by atoms with Crippen molar-refractivity contribution in [1.82, 2.24) is 25.3 Å². The molecular weight excluding hydrogens is 384 g/mol. The fraction of sp³-hybridized carbons (Fsp3) is 0.905. The van der Waals surface area contributed by atoms with Crippen molar-refractivity contribution in [2.75, 3.05) is 99.4 Å². The minimum atomic E-state index is 0.0675. The molecule has 0 radical (unpaired) electrons. The maximum Gasteiger partial charge on any atom is 0.234 e. The molecule has 0 saturated carbocycles.